The summed E-state index contributed by atoms with van der Waals surface area (Å²) >= 11 is 0. The van der Waals surface area contributed by atoms with Gasteiger partial charge < -0.3 is 9.84 Å². The highest BCUT2D eigenvalue weighted by atomic mass is 19.4. The van der Waals surface area contributed by atoms with Crippen molar-refractivity contribution in [3.05, 3.63) is 77.2 Å². The summed E-state index contributed by atoms with van der Waals surface area (Å²) in [5, 5.41) is 14.7. The summed E-state index contributed by atoms with van der Waals surface area (Å²) in [6, 6.07) is 14.6. The SMILES string of the molecule is COc1ccc(C=CCN2CCc3[nH]nc(-c4ccc(F)cc4)c3C2)cc1.O=C(O)C(F)(F)F. The number of carbonyl (C=O) groups is 1. The molecule has 6 nitrogen and oxygen atoms in total. The molecule has 2 N–H and O–H groups in total. The van der Waals surface area contributed by atoms with Crippen molar-refractivity contribution in [2.45, 2.75) is 19.1 Å². The predicted molar refractivity (Wildman–Crippen MR) is 119 cm³/mol. The molecule has 0 radical (unpaired) electrons. The van der Waals surface area contributed by atoms with E-state index in [0.29, 0.717) is 0 Å². The van der Waals surface area contributed by atoms with E-state index in [2.05, 4.69) is 27.2 Å². The zero-order valence-electron chi connectivity index (χ0n) is 18.3. The number of carboxylic acids is 1. The highest BCUT2D eigenvalue weighted by molar-refractivity contribution is 5.73. The molecule has 0 saturated carbocycles. The van der Waals surface area contributed by atoms with Crippen molar-refractivity contribution in [3.63, 3.8) is 0 Å². The van der Waals surface area contributed by atoms with E-state index in [9.17, 15) is 17.6 Å². The minimum atomic E-state index is -5.08. The number of nitrogens with zero attached hydrogens (tertiary/aromatic N) is 2. The first-order valence-corrected chi connectivity index (χ1v) is 10.3. The number of rotatable bonds is 5. The van der Waals surface area contributed by atoms with Crippen molar-refractivity contribution >= 4 is 12.0 Å². The van der Waals surface area contributed by atoms with Gasteiger partial charge in [0.15, 0.2) is 0 Å². The van der Waals surface area contributed by atoms with E-state index in [-0.39, 0.29) is 5.82 Å². The first-order chi connectivity index (χ1) is 16.2. The maximum Gasteiger partial charge on any atom is 0.490 e. The molecule has 2 aromatic carbocycles. The second-order valence-electron chi connectivity index (χ2n) is 7.50. The third kappa shape index (κ3) is 6.67. The number of fused-ring (bicyclic) bond motifs is 1. The molecule has 0 amide bonds. The molecule has 4 rings (SSSR count). The number of carboxylic acid groups (broad SMARTS) is 1. The average Bonchev–Trinajstić information content (AvgIpc) is 3.23. The van der Waals surface area contributed by atoms with E-state index in [1.165, 1.54) is 23.4 Å². The van der Waals surface area contributed by atoms with Crippen LogP contribution in [0.4, 0.5) is 17.6 Å². The van der Waals surface area contributed by atoms with E-state index in [4.69, 9.17) is 14.6 Å². The molecule has 1 aromatic heterocycles. The zero-order valence-corrected chi connectivity index (χ0v) is 18.3. The lowest BCUT2D eigenvalue weighted by Gasteiger charge is -2.25. The van der Waals surface area contributed by atoms with E-state index >= 15 is 0 Å². The Bertz CT molecular complexity index is 1120. The fraction of sp³-hybridized carbons (Fsp3) is 0.250. The Hall–Kier alpha value is -3.66. The molecule has 1 aliphatic rings. The molecule has 0 unspecified atom stereocenters. The summed E-state index contributed by atoms with van der Waals surface area (Å²) in [5.74, 6) is -2.12. The average molecular weight is 477 g/mol. The van der Waals surface area contributed by atoms with Gasteiger partial charge >= 0.3 is 12.1 Å². The van der Waals surface area contributed by atoms with Gasteiger partial charge in [0, 0.05) is 42.9 Å². The number of H-pyrrole nitrogens is 1. The highest BCUT2D eigenvalue weighted by Gasteiger charge is 2.38. The van der Waals surface area contributed by atoms with Crippen LogP contribution in [0.25, 0.3) is 17.3 Å². The topological polar surface area (TPSA) is 78.5 Å². The monoisotopic (exact) mass is 477 g/mol. The summed E-state index contributed by atoms with van der Waals surface area (Å²) in [6.45, 7) is 2.70. The third-order valence-corrected chi connectivity index (χ3v) is 5.16. The first-order valence-electron chi connectivity index (χ1n) is 10.3. The van der Waals surface area contributed by atoms with Gasteiger partial charge in [-0.05, 0) is 42.0 Å². The summed E-state index contributed by atoms with van der Waals surface area (Å²) in [5.41, 5.74) is 5.43. The van der Waals surface area contributed by atoms with E-state index in [1.54, 1.807) is 19.2 Å². The summed E-state index contributed by atoms with van der Waals surface area (Å²) in [6.07, 6.45) is 0.176. The molecule has 0 spiro atoms. The zero-order chi connectivity index (χ0) is 24.7. The normalized spacial score (nSPS) is 13.8. The molecule has 0 atom stereocenters. The minimum Gasteiger partial charge on any atom is -0.497 e. The van der Waals surface area contributed by atoms with Gasteiger partial charge in [0.05, 0.1) is 12.8 Å². The first kappa shape index (κ1) is 25.0. The lowest BCUT2D eigenvalue weighted by molar-refractivity contribution is -0.192. The van der Waals surface area contributed by atoms with Crippen LogP contribution >= 0.6 is 0 Å². The molecule has 0 bridgehead atoms. The molecule has 10 heteroatoms. The van der Waals surface area contributed by atoms with Crippen molar-refractivity contribution in [1.82, 2.24) is 15.1 Å². The van der Waals surface area contributed by atoms with Crippen LogP contribution in [0.2, 0.25) is 0 Å². The summed E-state index contributed by atoms with van der Waals surface area (Å²) < 4.78 is 50.1. The number of aromatic nitrogens is 2. The van der Waals surface area contributed by atoms with Gasteiger partial charge in [-0.25, -0.2) is 9.18 Å². The van der Waals surface area contributed by atoms with Crippen LogP contribution in [-0.2, 0) is 17.8 Å². The third-order valence-electron chi connectivity index (χ3n) is 5.16. The Balaban J connectivity index is 0.000000406. The second-order valence-corrected chi connectivity index (χ2v) is 7.50. The maximum atomic E-state index is 13.2. The van der Waals surface area contributed by atoms with Crippen LogP contribution in [0.3, 0.4) is 0 Å². The lowest BCUT2D eigenvalue weighted by Crippen LogP contribution is -2.30. The van der Waals surface area contributed by atoms with Crippen LogP contribution in [0.5, 0.6) is 5.75 Å². The van der Waals surface area contributed by atoms with Gasteiger partial charge in [-0.1, -0.05) is 24.3 Å². The largest absolute Gasteiger partial charge is 0.497 e. The summed E-state index contributed by atoms with van der Waals surface area (Å²) in [4.78, 5) is 11.3. The Morgan fingerprint density at radius 2 is 1.82 bits per heavy atom. The number of hydrogen-bond donors (Lipinski definition) is 2. The van der Waals surface area contributed by atoms with Crippen molar-refractivity contribution in [2.24, 2.45) is 0 Å². The number of halogens is 4. The second kappa shape index (κ2) is 11.0. The van der Waals surface area contributed by atoms with Crippen molar-refractivity contribution in [3.8, 4) is 17.0 Å². The van der Waals surface area contributed by atoms with Crippen LogP contribution in [0.1, 0.15) is 16.8 Å². The summed E-state index contributed by atoms with van der Waals surface area (Å²) in [7, 11) is 1.67. The number of ether oxygens (including phenoxy) is 1. The Morgan fingerprint density at radius 3 is 2.41 bits per heavy atom. The number of hydrogen-bond acceptors (Lipinski definition) is 4. The standard InChI is InChI=1S/C22H22FN3O.C2HF3O2/c1-27-19-10-4-16(5-11-19)3-2-13-26-14-12-21-20(15-26)22(25-24-21)17-6-8-18(23)9-7-17;3-2(4,5)1(6)7/h2-11H,12-15H2,1H3,(H,24,25);(H,6,7). The fourth-order valence-electron chi connectivity index (χ4n) is 3.41. The quantitative estimate of drug-likeness (QED) is 0.510. The lowest BCUT2D eigenvalue weighted by atomic mass is 10.0. The molecule has 0 aliphatic carbocycles. The molecule has 0 saturated heterocycles. The van der Waals surface area contributed by atoms with Crippen LogP contribution < -0.4 is 4.74 Å². The molecule has 3 aromatic rings. The fourth-order valence-corrected chi connectivity index (χ4v) is 3.41. The predicted octanol–water partition coefficient (Wildman–Crippen LogP) is 4.93. The Kier molecular flexibility index (Phi) is 8.06. The molecule has 180 valence electrons. The van der Waals surface area contributed by atoms with Crippen LogP contribution in [-0.4, -0.2) is 52.5 Å². The number of methoxy groups -OCH3 is 1. The van der Waals surface area contributed by atoms with E-state index < -0.39 is 12.1 Å². The van der Waals surface area contributed by atoms with E-state index in [1.807, 2.05) is 24.3 Å². The van der Waals surface area contributed by atoms with Crippen molar-refractivity contribution < 1.29 is 32.2 Å². The molecular formula is C24H23F4N3O3. The van der Waals surface area contributed by atoms with Crippen LogP contribution in [0, 0.1) is 5.82 Å². The number of alkyl halides is 3. The van der Waals surface area contributed by atoms with Crippen molar-refractivity contribution in [1.29, 1.82) is 0 Å². The van der Waals surface area contributed by atoms with Gasteiger partial charge in [-0.2, -0.15) is 18.3 Å². The molecular weight excluding hydrogens is 454 g/mol. The minimum absolute atomic E-state index is 0.228. The number of benzene rings is 2. The smallest absolute Gasteiger partial charge is 0.490 e. The van der Waals surface area contributed by atoms with Gasteiger partial charge in [0.2, 0.25) is 0 Å². The Morgan fingerprint density at radius 1 is 1.18 bits per heavy atom. The molecule has 2 heterocycles. The maximum absolute atomic E-state index is 13.2. The van der Waals surface area contributed by atoms with Gasteiger partial charge in [0.1, 0.15) is 11.6 Å². The Labute approximate surface area is 193 Å². The number of aromatic amines is 1. The van der Waals surface area contributed by atoms with E-state index in [0.717, 1.165) is 48.6 Å². The van der Waals surface area contributed by atoms with Crippen molar-refractivity contribution in [2.75, 3.05) is 20.2 Å². The van der Waals surface area contributed by atoms with Gasteiger partial charge in [0.25, 0.3) is 0 Å². The molecule has 34 heavy (non-hydrogen) atoms. The molecule has 1 aliphatic heterocycles. The number of aliphatic carboxylic acids is 1. The van der Waals surface area contributed by atoms with Crippen LogP contribution in [0.15, 0.2) is 54.6 Å². The number of nitrogens with one attached hydrogen (secondary N) is 1. The van der Waals surface area contributed by atoms with Gasteiger partial charge in [-0.3, -0.25) is 10.00 Å². The molecule has 0 fully saturated rings. The van der Waals surface area contributed by atoms with Gasteiger partial charge in [-0.15, -0.1) is 0 Å². The highest BCUT2D eigenvalue weighted by Crippen LogP contribution is 2.28.